The maximum Gasteiger partial charge on any atom is 0.263 e. The number of benzene rings is 1. The van der Waals surface area contributed by atoms with E-state index in [-0.39, 0.29) is 10.7 Å². The molecule has 0 unspecified atom stereocenters. The quantitative estimate of drug-likeness (QED) is 0.864. The molecule has 1 aliphatic rings. The Kier molecular flexibility index (Phi) is 4.71. The molecule has 1 heterocycles. The van der Waals surface area contributed by atoms with Crippen molar-refractivity contribution in [1.82, 2.24) is 4.98 Å². The molecule has 0 aliphatic heterocycles. The van der Waals surface area contributed by atoms with Gasteiger partial charge in [-0.2, -0.15) is 0 Å². The van der Waals surface area contributed by atoms with Gasteiger partial charge >= 0.3 is 0 Å². The molecule has 1 fully saturated rings. The lowest BCUT2D eigenvalue weighted by Crippen LogP contribution is -2.16. The zero-order chi connectivity index (χ0) is 17.2. The summed E-state index contributed by atoms with van der Waals surface area (Å²) in [6.07, 6.45) is 6.39. The Balaban J connectivity index is 1.72. The van der Waals surface area contributed by atoms with Crippen molar-refractivity contribution < 1.29 is 12.8 Å². The lowest BCUT2D eigenvalue weighted by atomic mass is 10.2. The average molecular weight is 349 g/mol. The van der Waals surface area contributed by atoms with Crippen molar-refractivity contribution in [2.75, 3.05) is 10.0 Å². The topological polar surface area (TPSA) is 71.1 Å². The van der Waals surface area contributed by atoms with Crippen molar-refractivity contribution in [2.24, 2.45) is 0 Å². The first-order valence-electron chi connectivity index (χ1n) is 7.95. The number of hydrogen-bond donors (Lipinski definition) is 2. The van der Waals surface area contributed by atoms with Crippen molar-refractivity contribution in [2.45, 2.75) is 43.5 Å². The van der Waals surface area contributed by atoms with E-state index in [0.29, 0.717) is 11.6 Å². The predicted molar refractivity (Wildman–Crippen MR) is 92.1 cm³/mol. The second kappa shape index (κ2) is 6.76. The third-order valence-corrected chi connectivity index (χ3v) is 5.67. The molecular formula is C17H20FN3O2S. The number of nitrogens with one attached hydrogen (secondary N) is 2. The molecule has 1 saturated carbocycles. The number of hydrogen-bond acceptors (Lipinski definition) is 4. The summed E-state index contributed by atoms with van der Waals surface area (Å²) < 4.78 is 40.4. The molecule has 1 aromatic heterocycles. The van der Waals surface area contributed by atoms with Crippen LogP contribution in [0, 0.1) is 12.7 Å². The van der Waals surface area contributed by atoms with E-state index in [4.69, 9.17) is 0 Å². The summed E-state index contributed by atoms with van der Waals surface area (Å²) in [7, 11) is -3.80. The highest BCUT2D eigenvalue weighted by atomic mass is 32.2. The van der Waals surface area contributed by atoms with Gasteiger partial charge in [0.1, 0.15) is 11.6 Å². The van der Waals surface area contributed by atoms with Gasteiger partial charge in [-0.05, 0) is 55.7 Å². The van der Waals surface area contributed by atoms with Crippen LogP contribution in [0.1, 0.15) is 31.2 Å². The predicted octanol–water partition coefficient (Wildman–Crippen LogP) is 3.68. The highest BCUT2D eigenvalue weighted by molar-refractivity contribution is 7.92. The largest absolute Gasteiger partial charge is 0.381 e. The Hall–Kier alpha value is -2.15. The standard InChI is InChI=1S/C17H20FN3O2S/c1-12-10-13(18)6-8-16(12)24(22,23)21-17-9-7-15(11-19-17)20-14-4-2-3-5-14/h6-11,14,20H,2-5H2,1H3,(H,19,21). The highest BCUT2D eigenvalue weighted by Gasteiger charge is 2.18. The van der Waals surface area contributed by atoms with Crippen LogP contribution in [-0.4, -0.2) is 19.4 Å². The van der Waals surface area contributed by atoms with Crippen molar-refractivity contribution >= 4 is 21.5 Å². The third-order valence-electron chi connectivity index (χ3n) is 4.15. The fraction of sp³-hybridized carbons (Fsp3) is 0.353. The van der Waals surface area contributed by atoms with Gasteiger partial charge in [-0.25, -0.2) is 17.8 Å². The van der Waals surface area contributed by atoms with E-state index in [1.165, 1.54) is 25.0 Å². The molecule has 1 aromatic carbocycles. The second-order valence-electron chi connectivity index (χ2n) is 6.07. The van der Waals surface area contributed by atoms with Gasteiger partial charge in [0, 0.05) is 6.04 Å². The fourth-order valence-corrected chi connectivity index (χ4v) is 4.19. The number of halogens is 1. The lowest BCUT2D eigenvalue weighted by Gasteiger charge is -2.14. The molecule has 0 radical (unpaired) electrons. The minimum atomic E-state index is -3.80. The van der Waals surface area contributed by atoms with Crippen LogP contribution in [0.15, 0.2) is 41.4 Å². The number of aromatic nitrogens is 1. The minimum Gasteiger partial charge on any atom is -0.381 e. The molecule has 0 spiro atoms. The van der Waals surface area contributed by atoms with Crippen LogP contribution < -0.4 is 10.0 Å². The fourth-order valence-electron chi connectivity index (χ4n) is 2.95. The normalized spacial score (nSPS) is 15.4. The zero-order valence-electron chi connectivity index (χ0n) is 13.4. The molecule has 128 valence electrons. The first-order valence-corrected chi connectivity index (χ1v) is 9.44. The van der Waals surface area contributed by atoms with E-state index < -0.39 is 15.8 Å². The maximum absolute atomic E-state index is 13.1. The van der Waals surface area contributed by atoms with Gasteiger partial charge in [0.25, 0.3) is 10.0 Å². The smallest absolute Gasteiger partial charge is 0.263 e. The van der Waals surface area contributed by atoms with Crippen LogP contribution in [0.25, 0.3) is 0 Å². The Labute approximate surface area is 141 Å². The summed E-state index contributed by atoms with van der Waals surface area (Å²) in [5.41, 5.74) is 1.23. The first kappa shape index (κ1) is 16.7. The van der Waals surface area contributed by atoms with E-state index in [0.717, 1.165) is 24.6 Å². The van der Waals surface area contributed by atoms with Gasteiger partial charge in [0.05, 0.1) is 16.8 Å². The summed E-state index contributed by atoms with van der Waals surface area (Å²) in [5.74, 6) is -0.234. The van der Waals surface area contributed by atoms with Crippen LogP contribution in [0.4, 0.5) is 15.9 Å². The van der Waals surface area contributed by atoms with Gasteiger partial charge in [0.2, 0.25) is 0 Å². The monoisotopic (exact) mass is 349 g/mol. The molecule has 2 N–H and O–H groups in total. The van der Waals surface area contributed by atoms with Crippen LogP contribution in [-0.2, 0) is 10.0 Å². The summed E-state index contributed by atoms with van der Waals surface area (Å²) in [6.45, 7) is 1.56. The molecule has 5 nitrogen and oxygen atoms in total. The van der Waals surface area contributed by atoms with E-state index >= 15 is 0 Å². The van der Waals surface area contributed by atoms with Gasteiger partial charge in [0.15, 0.2) is 0 Å². The Morgan fingerprint density at radius 3 is 2.54 bits per heavy atom. The van der Waals surface area contributed by atoms with Crippen LogP contribution in [0.5, 0.6) is 0 Å². The lowest BCUT2D eigenvalue weighted by molar-refractivity contribution is 0.598. The maximum atomic E-state index is 13.1. The first-order chi connectivity index (χ1) is 11.4. The van der Waals surface area contributed by atoms with Crippen molar-refractivity contribution in [3.05, 3.63) is 47.9 Å². The van der Waals surface area contributed by atoms with Crippen molar-refractivity contribution in [1.29, 1.82) is 0 Å². The summed E-state index contributed by atoms with van der Waals surface area (Å²) >= 11 is 0. The molecule has 1 aliphatic carbocycles. The molecule has 0 atom stereocenters. The average Bonchev–Trinajstić information content (AvgIpc) is 3.01. The van der Waals surface area contributed by atoms with Crippen molar-refractivity contribution in [3.63, 3.8) is 0 Å². The van der Waals surface area contributed by atoms with Crippen LogP contribution >= 0.6 is 0 Å². The van der Waals surface area contributed by atoms with Crippen molar-refractivity contribution in [3.8, 4) is 0 Å². The number of sulfonamides is 1. The summed E-state index contributed by atoms with van der Waals surface area (Å²) in [5, 5.41) is 3.40. The summed E-state index contributed by atoms with van der Waals surface area (Å²) in [4.78, 5) is 4.19. The second-order valence-corrected chi connectivity index (χ2v) is 7.72. The third kappa shape index (κ3) is 3.84. The number of pyridine rings is 1. The van der Waals surface area contributed by atoms with Gasteiger partial charge in [-0.15, -0.1) is 0 Å². The molecular weight excluding hydrogens is 329 g/mol. The zero-order valence-corrected chi connectivity index (χ0v) is 14.2. The van der Waals surface area contributed by atoms with Gasteiger partial charge in [-0.3, -0.25) is 4.72 Å². The van der Waals surface area contributed by atoms with E-state index in [9.17, 15) is 12.8 Å². The van der Waals surface area contributed by atoms with E-state index in [2.05, 4.69) is 15.0 Å². The van der Waals surface area contributed by atoms with Crippen LogP contribution in [0.3, 0.4) is 0 Å². The Morgan fingerprint density at radius 2 is 1.92 bits per heavy atom. The number of nitrogens with zero attached hydrogens (tertiary/aromatic N) is 1. The number of anilines is 2. The molecule has 3 rings (SSSR count). The highest BCUT2D eigenvalue weighted by Crippen LogP contribution is 2.23. The van der Waals surface area contributed by atoms with Gasteiger partial charge in [-0.1, -0.05) is 12.8 Å². The molecule has 0 saturated heterocycles. The van der Waals surface area contributed by atoms with E-state index in [1.54, 1.807) is 25.3 Å². The van der Waals surface area contributed by atoms with E-state index in [1.807, 2.05) is 0 Å². The molecule has 0 bridgehead atoms. The molecule has 2 aromatic rings. The number of aryl methyl sites for hydroxylation is 1. The molecule has 24 heavy (non-hydrogen) atoms. The SMILES string of the molecule is Cc1cc(F)ccc1S(=O)(=O)Nc1ccc(NC2CCCC2)cn1. The Bertz CT molecular complexity index is 816. The van der Waals surface area contributed by atoms with Gasteiger partial charge < -0.3 is 5.32 Å². The van der Waals surface area contributed by atoms with Crippen LogP contribution in [0.2, 0.25) is 0 Å². The molecule has 0 amide bonds. The Morgan fingerprint density at radius 1 is 1.17 bits per heavy atom. The number of rotatable bonds is 5. The minimum absolute atomic E-state index is 0.0406. The summed E-state index contributed by atoms with van der Waals surface area (Å²) in [6, 6.07) is 7.47. The molecule has 7 heteroatoms.